The maximum absolute atomic E-state index is 13.5. The van der Waals surface area contributed by atoms with E-state index in [0.29, 0.717) is 11.4 Å². The Balaban J connectivity index is 2.42. The standard InChI is InChI=1S/C24H33N3O5S/c1-17(2)25-24(29)19(4)26(15-20-11-8-7-10-18(20)3)23(28)16-27(33(6,30)31)21-12-9-13-22(14-21)32-5/h7-14,17,19H,15-16H2,1-6H3,(H,25,29)/t19-/m0/s1. The minimum Gasteiger partial charge on any atom is -0.497 e. The highest BCUT2D eigenvalue weighted by Gasteiger charge is 2.30. The molecule has 2 amide bonds. The van der Waals surface area contributed by atoms with Gasteiger partial charge in [-0.2, -0.15) is 0 Å². The number of hydrogen-bond acceptors (Lipinski definition) is 5. The summed E-state index contributed by atoms with van der Waals surface area (Å²) in [6.45, 7) is 6.98. The molecule has 0 bridgehead atoms. The molecule has 0 fully saturated rings. The molecule has 0 aliphatic carbocycles. The van der Waals surface area contributed by atoms with E-state index in [1.165, 1.54) is 12.0 Å². The van der Waals surface area contributed by atoms with Crippen LogP contribution in [0.1, 0.15) is 31.9 Å². The summed E-state index contributed by atoms with van der Waals surface area (Å²) in [7, 11) is -2.31. The fourth-order valence-electron chi connectivity index (χ4n) is 3.34. The highest BCUT2D eigenvalue weighted by Crippen LogP contribution is 2.24. The lowest BCUT2D eigenvalue weighted by atomic mass is 10.1. The first-order valence-corrected chi connectivity index (χ1v) is 12.5. The monoisotopic (exact) mass is 475 g/mol. The van der Waals surface area contributed by atoms with Crippen LogP contribution in [0.5, 0.6) is 5.75 Å². The van der Waals surface area contributed by atoms with Crippen LogP contribution in [0.15, 0.2) is 48.5 Å². The number of sulfonamides is 1. The van der Waals surface area contributed by atoms with Crippen LogP contribution in [0.4, 0.5) is 5.69 Å². The molecule has 0 unspecified atom stereocenters. The summed E-state index contributed by atoms with van der Waals surface area (Å²) < 4.78 is 31.4. The number of ether oxygens (including phenoxy) is 1. The number of carbonyl (C=O) groups excluding carboxylic acids is 2. The maximum Gasteiger partial charge on any atom is 0.244 e. The molecule has 33 heavy (non-hydrogen) atoms. The Morgan fingerprint density at radius 1 is 1.06 bits per heavy atom. The lowest BCUT2D eigenvalue weighted by Gasteiger charge is -2.32. The summed E-state index contributed by atoms with van der Waals surface area (Å²) in [4.78, 5) is 27.7. The van der Waals surface area contributed by atoms with E-state index in [2.05, 4.69) is 5.32 Å². The normalized spacial score (nSPS) is 12.2. The van der Waals surface area contributed by atoms with Crippen molar-refractivity contribution < 1.29 is 22.7 Å². The predicted molar refractivity (Wildman–Crippen MR) is 130 cm³/mol. The zero-order chi connectivity index (χ0) is 24.8. The van der Waals surface area contributed by atoms with Crippen LogP contribution in [0, 0.1) is 6.92 Å². The van der Waals surface area contributed by atoms with Crippen LogP contribution in [-0.4, -0.2) is 57.1 Å². The second-order valence-electron chi connectivity index (χ2n) is 8.26. The Bertz CT molecular complexity index is 1090. The van der Waals surface area contributed by atoms with Crippen molar-refractivity contribution in [3.63, 3.8) is 0 Å². The van der Waals surface area contributed by atoms with Crippen LogP contribution in [0.3, 0.4) is 0 Å². The minimum absolute atomic E-state index is 0.0975. The predicted octanol–water partition coefficient (Wildman–Crippen LogP) is 2.71. The van der Waals surface area contributed by atoms with Gasteiger partial charge in [-0.1, -0.05) is 30.3 Å². The summed E-state index contributed by atoms with van der Waals surface area (Å²) in [5.74, 6) is -0.327. The van der Waals surface area contributed by atoms with Gasteiger partial charge in [0.25, 0.3) is 0 Å². The first kappa shape index (κ1) is 26.2. The number of nitrogens with zero attached hydrogens (tertiary/aromatic N) is 2. The largest absolute Gasteiger partial charge is 0.497 e. The van der Waals surface area contributed by atoms with Crippen molar-refractivity contribution in [2.75, 3.05) is 24.2 Å². The van der Waals surface area contributed by atoms with Gasteiger partial charge in [-0.05, 0) is 51.0 Å². The summed E-state index contributed by atoms with van der Waals surface area (Å²) in [6, 6.07) is 13.2. The average Bonchev–Trinajstić information content (AvgIpc) is 2.75. The fraction of sp³-hybridized carbons (Fsp3) is 0.417. The molecule has 9 heteroatoms. The summed E-state index contributed by atoms with van der Waals surface area (Å²) in [6.07, 6.45) is 1.04. The van der Waals surface area contributed by atoms with Gasteiger partial charge in [0.2, 0.25) is 21.8 Å². The van der Waals surface area contributed by atoms with Gasteiger partial charge in [0.15, 0.2) is 0 Å². The summed E-state index contributed by atoms with van der Waals surface area (Å²) >= 11 is 0. The lowest BCUT2D eigenvalue weighted by molar-refractivity contribution is -0.139. The highest BCUT2D eigenvalue weighted by molar-refractivity contribution is 7.92. The number of rotatable bonds is 10. The third kappa shape index (κ3) is 7.21. The van der Waals surface area contributed by atoms with Gasteiger partial charge in [0.05, 0.1) is 19.1 Å². The molecule has 0 saturated carbocycles. The zero-order valence-electron chi connectivity index (χ0n) is 20.0. The number of hydrogen-bond donors (Lipinski definition) is 1. The number of carbonyl (C=O) groups is 2. The zero-order valence-corrected chi connectivity index (χ0v) is 20.8. The van der Waals surface area contributed by atoms with E-state index in [9.17, 15) is 18.0 Å². The van der Waals surface area contributed by atoms with E-state index < -0.39 is 28.5 Å². The van der Waals surface area contributed by atoms with Crippen molar-refractivity contribution in [2.45, 2.75) is 46.3 Å². The Morgan fingerprint density at radius 3 is 2.30 bits per heavy atom. The molecule has 0 aliphatic rings. The van der Waals surface area contributed by atoms with Crippen molar-refractivity contribution >= 4 is 27.5 Å². The molecule has 0 saturated heterocycles. The molecule has 0 heterocycles. The number of aryl methyl sites for hydroxylation is 1. The Labute approximate surface area is 196 Å². The third-order valence-electron chi connectivity index (χ3n) is 5.22. The Kier molecular flexibility index (Phi) is 8.87. The molecule has 0 aliphatic heterocycles. The molecule has 0 spiro atoms. The van der Waals surface area contributed by atoms with Crippen LogP contribution >= 0.6 is 0 Å². The Morgan fingerprint density at radius 2 is 1.73 bits per heavy atom. The third-order valence-corrected chi connectivity index (χ3v) is 6.36. The summed E-state index contributed by atoms with van der Waals surface area (Å²) in [5.41, 5.74) is 2.15. The molecule has 8 nitrogen and oxygen atoms in total. The molecule has 2 aromatic rings. The van der Waals surface area contributed by atoms with Gasteiger partial charge in [-0.3, -0.25) is 13.9 Å². The van der Waals surface area contributed by atoms with E-state index >= 15 is 0 Å². The average molecular weight is 476 g/mol. The van der Waals surface area contributed by atoms with E-state index in [1.54, 1.807) is 31.2 Å². The molecule has 0 radical (unpaired) electrons. The number of methoxy groups -OCH3 is 1. The molecule has 2 aromatic carbocycles. The maximum atomic E-state index is 13.5. The first-order chi connectivity index (χ1) is 15.4. The fourth-order valence-corrected chi connectivity index (χ4v) is 4.18. The smallest absolute Gasteiger partial charge is 0.244 e. The van der Waals surface area contributed by atoms with Gasteiger partial charge in [-0.25, -0.2) is 8.42 Å². The van der Waals surface area contributed by atoms with E-state index in [4.69, 9.17) is 4.74 Å². The molecule has 180 valence electrons. The highest BCUT2D eigenvalue weighted by atomic mass is 32.2. The van der Waals surface area contributed by atoms with Gasteiger partial charge in [0.1, 0.15) is 18.3 Å². The molecule has 1 atom stereocenters. The number of anilines is 1. The molecule has 2 rings (SSSR count). The van der Waals surface area contributed by atoms with E-state index in [-0.39, 0.29) is 18.5 Å². The van der Waals surface area contributed by atoms with E-state index in [1.807, 2.05) is 45.0 Å². The van der Waals surface area contributed by atoms with Gasteiger partial charge < -0.3 is 15.0 Å². The van der Waals surface area contributed by atoms with Crippen molar-refractivity contribution in [1.82, 2.24) is 10.2 Å². The summed E-state index contributed by atoms with van der Waals surface area (Å²) in [5, 5.41) is 2.83. The van der Waals surface area contributed by atoms with Gasteiger partial charge >= 0.3 is 0 Å². The van der Waals surface area contributed by atoms with Crippen molar-refractivity contribution in [3.05, 3.63) is 59.7 Å². The van der Waals surface area contributed by atoms with Crippen molar-refractivity contribution in [1.29, 1.82) is 0 Å². The number of benzene rings is 2. The van der Waals surface area contributed by atoms with Crippen molar-refractivity contribution in [3.8, 4) is 5.75 Å². The van der Waals surface area contributed by atoms with Crippen LogP contribution in [0.2, 0.25) is 0 Å². The van der Waals surface area contributed by atoms with Crippen LogP contribution < -0.4 is 14.4 Å². The Hall–Kier alpha value is -3.07. The minimum atomic E-state index is -3.79. The molecule has 0 aromatic heterocycles. The molecular formula is C24H33N3O5S. The molecule has 1 N–H and O–H groups in total. The lowest BCUT2D eigenvalue weighted by Crippen LogP contribution is -2.52. The van der Waals surface area contributed by atoms with Crippen LogP contribution in [0.25, 0.3) is 0 Å². The quantitative estimate of drug-likeness (QED) is 0.570. The second-order valence-corrected chi connectivity index (χ2v) is 10.2. The SMILES string of the molecule is COc1cccc(N(CC(=O)N(Cc2ccccc2C)[C@@H](C)C(=O)NC(C)C)S(C)(=O)=O)c1. The van der Waals surface area contributed by atoms with Crippen LogP contribution in [-0.2, 0) is 26.2 Å². The number of nitrogens with one attached hydrogen (secondary N) is 1. The first-order valence-electron chi connectivity index (χ1n) is 10.7. The van der Waals surface area contributed by atoms with Gasteiger partial charge in [0, 0.05) is 18.7 Å². The van der Waals surface area contributed by atoms with E-state index in [0.717, 1.165) is 21.7 Å². The van der Waals surface area contributed by atoms with Gasteiger partial charge in [-0.15, -0.1) is 0 Å². The second kappa shape index (κ2) is 11.2. The topological polar surface area (TPSA) is 96.0 Å². The molecular weight excluding hydrogens is 442 g/mol. The van der Waals surface area contributed by atoms with Crippen molar-refractivity contribution in [2.24, 2.45) is 0 Å². The number of amides is 2.